The first kappa shape index (κ1) is 24.5. The summed E-state index contributed by atoms with van der Waals surface area (Å²) in [4.78, 5) is 65.0. The van der Waals surface area contributed by atoms with E-state index < -0.39 is 66.9 Å². The fourth-order valence-corrected chi connectivity index (χ4v) is 2.23. The lowest BCUT2D eigenvalue weighted by Crippen LogP contribution is -2.58. The van der Waals surface area contributed by atoms with Crippen LogP contribution in [0.5, 0.6) is 0 Å². The lowest BCUT2D eigenvalue weighted by atomic mass is 10.1. The van der Waals surface area contributed by atoms with Gasteiger partial charge >= 0.3 is 11.9 Å². The second-order valence-electron chi connectivity index (χ2n) is 6.36. The van der Waals surface area contributed by atoms with Crippen LogP contribution in [0.1, 0.15) is 19.0 Å². The normalized spacial score (nSPS) is 14.6. The molecular weight excluding hydrogens is 404 g/mol. The first-order valence-electron chi connectivity index (χ1n) is 8.74. The number of H-pyrrole nitrogens is 1. The van der Waals surface area contributed by atoms with Crippen LogP contribution in [0.25, 0.3) is 0 Å². The highest BCUT2D eigenvalue weighted by Crippen LogP contribution is 2.00. The summed E-state index contributed by atoms with van der Waals surface area (Å²) in [5.41, 5.74) is 6.29. The SMILES string of the molecule is CC(NC(=O)C(CO)NC(=O)C(CC(=O)O)NC(=O)C(N)Cc1cnc[nH]1)C(=O)O. The van der Waals surface area contributed by atoms with Gasteiger partial charge in [0.25, 0.3) is 0 Å². The van der Waals surface area contributed by atoms with E-state index >= 15 is 0 Å². The van der Waals surface area contributed by atoms with Crippen LogP contribution >= 0.6 is 0 Å². The van der Waals surface area contributed by atoms with Crippen LogP contribution in [0.3, 0.4) is 0 Å². The summed E-state index contributed by atoms with van der Waals surface area (Å²) in [5, 5.41) is 33.4. The number of carbonyl (C=O) groups is 5. The van der Waals surface area contributed by atoms with Crippen molar-refractivity contribution < 1.29 is 39.3 Å². The molecule has 3 amide bonds. The summed E-state index contributed by atoms with van der Waals surface area (Å²) in [7, 11) is 0. The first-order valence-corrected chi connectivity index (χ1v) is 8.74. The van der Waals surface area contributed by atoms with Crippen molar-refractivity contribution in [2.75, 3.05) is 6.61 Å². The standard InChI is InChI=1S/C16H24N6O8/c1-7(16(29)30)20-15(28)11(5-23)22-14(27)10(3-12(24)25)21-13(26)9(17)2-8-4-18-6-19-8/h4,6-7,9-11,23H,2-3,5,17H2,1H3,(H,18,19)(H,20,28)(H,21,26)(H,22,27)(H,24,25)(H,29,30). The van der Waals surface area contributed by atoms with Gasteiger partial charge in [-0.05, 0) is 6.92 Å². The number of carbonyl (C=O) groups excluding carboxylic acids is 3. The summed E-state index contributed by atoms with van der Waals surface area (Å²) in [6.45, 7) is 0.280. The van der Waals surface area contributed by atoms with E-state index in [0.29, 0.717) is 5.69 Å². The Hall–Kier alpha value is -3.52. The van der Waals surface area contributed by atoms with Crippen molar-refractivity contribution in [3.8, 4) is 0 Å². The maximum Gasteiger partial charge on any atom is 0.325 e. The molecule has 0 aliphatic rings. The van der Waals surface area contributed by atoms with Crippen molar-refractivity contribution in [3.05, 3.63) is 18.2 Å². The molecule has 0 saturated heterocycles. The minimum atomic E-state index is -1.60. The van der Waals surface area contributed by atoms with Crippen molar-refractivity contribution in [3.63, 3.8) is 0 Å². The van der Waals surface area contributed by atoms with Gasteiger partial charge < -0.3 is 42.0 Å². The molecule has 30 heavy (non-hydrogen) atoms. The van der Waals surface area contributed by atoms with Gasteiger partial charge in [-0.2, -0.15) is 0 Å². The maximum absolute atomic E-state index is 12.4. The summed E-state index contributed by atoms with van der Waals surface area (Å²) in [6, 6.07) is -5.57. The van der Waals surface area contributed by atoms with Crippen LogP contribution in [0, 0.1) is 0 Å². The fourth-order valence-electron chi connectivity index (χ4n) is 2.23. The summed E-state index contributed by atoms with van der Waals surface area (Å²) < 4.78 is 0. The highest BCUT2D eigenvalue weighted by Gasteiger charge is 2.30. The quantitative estimate of drug-likeness (QED) is 0.162. The Morgan fingerprint density at radius 3 is 2.17 bits per heavy atom. The second-order valence-corrected chi connectivity index (χ2v) is 6.36. The Morgan fingerprint density at radius 1 is 1.07 bits per heavy atom. The van der Waals surface area contributed by atoms with Gasteiger partial charge in [-0.15, -0.1) is 0 Å². The van der Waals surface area contributed by atoms with Crippen molar-refractivity contribution in [1.29, 1.82) is 0 Å². The molecule has 0 aliphatic heterocycles. The van der Waals surface area contributed by atoms with Gasteiger partial charge in [0.1, 0.15) is 18.1 Å². The van der Waals surface area contributed by atoms with Crippen LogP contribution in [-0.2, 0) is 30.4 Å². The number of hydrogen-bond acceptors (Lipinski definition) is 8. The fraction of sp³-hybridized carbons (Fsp3) is 0.500. The Bertz CT molecular complexity index is 768. The number of aliphatic hydroxyl groups is 1. The van der Waals surface area contributed by atoms with Gasteiger partial charge in [0, 0.05) is 18.3 Å². The zero-order valence-electron chi connectivity index (χ0n) is 16.0. The minimum absolute atomic E-state index is 0.0436. The minimum Gasteiger partial charge on any atom is -0.481 e. The molecule has 4 unspecified atom stereocenters. The highest BCUT2D eigenvalue weighted by molar-refractivity contribution is 5.95. The Balaban J connectivity index is 2.78. The number of aromatic nitrogens is 2. The Labute approximate surface area is 170 Å². The number of carboxylic acid groups (broad SMARTS) is 2. The third-order valence-electron chi connectivity index (χ3n) is 3.89. The van der Waals surface area contributed by atoms with Crippen LogP contribution in [0.4, 0.5) is 0 Å². The van der Waals surface area contributed by atoms with Gasteiger partial charge in [-0.1, -0.05) is 0 Å². The lowest BCUT2D eigenvalue weighted by molar-refractivity contribution is -0.143. The zero-order chi connectivity index (χ0) is 22.8. The number of aliphatic hydroxyl groups excluding tert-OH is 1. The number of imidazole rings is 1. The molecular formula is C16H24N6O8. The van der Waals surface area contributed by atoms with Gasteiger partial charge in [0.2, 0.25) is 17.7 Å². The van der Waals surface area contributed by atoms with Gasteiger partial charge in [0.05, 0.1) is 25.4 Å². The molecule has 14 heteroatoms. The average Bonchev–Trinajstić information content (AvgIpc) is 3.17. The van der Waals surface area contributed by atoms with E-state index in [4.69, 9.17) is 15.9 Å². The predicted molar refractivity (Wildman–Crippen MR) is 98.7 cm³/mol. The molecule has 1 heterocycles. The third-order valence-corrected chi connectivity index (χ3v) is 3.89. The molecule has 0 aliphatic carbocycles. The van der Waals surface area contributed by atoms with E-state index in [-0.39, 0.29) is 6.42 Å². The molecule has 0 bridgehead atoms. The maximum atomic E-state index is 12.4. The van der Waals surface area contributed by atoms with Gasteiger partial charge in [0.15, 0.2) is 0 Å². The summed E-state index contributed by atoms with van der Waals surface area (Å²) in [6.07, 6.45) is 2.05. The smallest absolute Gasteiger partial charge is 0.325 e. The molecule has 9 N–H and O–H groups in total. The average molecular weight is 428 g/mol. The van der Waals surface area contributed by atoms with Crippen LogP contribution in [0.15, 0.2) is 12.5 Å². The highest BCUT2D eigenvalue weighted by atomic mass is 16.4. The van der Waals surface area contributed by atoms with Gasteiger partial charge in [-0.25, -0.2) is 4.98 Å². The number of amides is 3. The number of nitrogens with zero attached hydrogens (tertiary/aromatic N) is 1. The summed E-state index contributed by atoms with van der Waals surface area (Å²) in [5.74, 6) is -5.65. The molecule has 0 radical (unpaired) electrons. The topological polar surface area (TPSA) is 237 Å². The number of aromatic amines is 1. The zero-order valence-corrected chi connectivity index (χ0v) is 16.0. The number of hydrogen-bond donors (Lipinski definition) is 8. The van der Waals surface area contributed by atoms with E-state index in [2.05, 4.69) is 25.9 Å². The number of nitrogens with one attached hydrogen (secondary N) is 4. The van der Waals surface area contributed by atoms with Gasteiger partial charge in [-0.3, -0.25) is 24.0 Å². The molecule has 14 nitrogen and oxygen atoms in total. The molecule has 1 aromatic rings. The molecule has 0 saturated carbocycles. The molecule has 1 aromatic heterocycles. The Morgan fingerprint density at radius 2 is 1.67 bits per heavy atom. The first-order chi connectivity index (χ1) is 14.0. The van der Waals surface area contributed by atoms with Crippen molar-refractivity contribution in [2.24, 2.45) is 5.73 Å². The third kappa shape index (κ3) is 7.84. The molecule has 0 fully saturated rings. The lowest BCUT2D eigenvalue weighted by Gasteiger charge is -2.23. The predicted octanol–water partition coefficient (Wildman–Crippen LogP) is -3.69. The van der Waals surface area contributed by atoms with Crippen LogP contribution < -0.4 is 21.7 Å². The molecule has 4 atom stereocenters. The van der Waals surface area contributed by atoms with Crippen molar-refractivity contribution in [2.45, 2.75) is 43.9 Å². The van der Waals surface area contributed by atoms with E-state index in [1.807, 2.05) is 0 Å². The molecule has 1 rings (SSSR count). The van der Waals surface area contributed by atoms with Crippen molar-refractivity contribution in [1.82, 2.24) is 25.9 Å². The van der Waals surface area contributed by atoms with E-state index in [1.54, 1.807) is 0 Å². The number of aliphatic carboxylic acids is 2. The van der Waals surface area contributed by atoms with Crippen LogP contribution in [-0.4, -0.2) is 85.7 Å². The van der Waals surface area contributed by atoms with E-state index in [0.717, 1.165) is 0 Å². The Kier molecular flexibility index (Phi) is 9.38. The van der Waals surface area contributed by atoms with Crippen molar-refractivity contribution >= 4 is 29.7 Å². The molecule has 166 valence electrons. The van der Waals surface area contributed by atoms with Crippen LogP contribution in [0.2, 0.25) is 0 Å². The van der Waals surface area contributed by atoms with E-state index in [1.165, 1.54) is 19.4 Å². The summed E-state index contributed by atoms with van der Waals surface area (Å²) >= 11 is 0. The number of carboxylic acids is 2. The largest absolute Gasteiger partial charge is 0.481 e. The molecule has 0 spiro atoms. The number of rotatable bonds is 12. The van der Waals surface area contributed by atoms with E-state index in [9.17, 15) is 29.1 Å². The monoisotopic (exact) mass is 428 g/mol. The second kappa shape index (κ2) is 11.5. The number of nitrogens with two attached hydrogens (primary N) is 1. The molecule has 0 aromatic carbocycles.